The lowest BCUT2D eigenvalue weighted by atomic mass is 10.1. The molecule has 0 spiro atoms. The molecule has 0 atom stereocenters. The maximum atomic E-state index is 12.1. The molecule has 2 aromatic carbocycles. The topological polar surface area (TPSA) is 61.4 Å². The molecule has 1 amide bonds. The predicted molar refractivity (Wildman–Crippen MR) is 101 cm³/mol. The van der Waals surface area contributed by atoms with Gasteiger partial charge >= 0.3 is 0 Å². The van der Waals surface area contributed by atoms with Crippen molar-refractivity contribution >= 4 is 28.8 Å². The van der Waals surface area contributed by atoms with Gasteiger partial charge in [0.05, 0.1) is 6.54 Å². The van der Waals surface area contributed by atoms with Gasteiger partial charge in [-0.05, 0) is 68.3 Å². The van der Waals surface area contributed by atoms with Crippen molar-refractivity contribution in [3.63, 3.8) is 0 Å². The Morgan fingerprint density at radius 1 is 0.920 bits per heavy atom. The Morgan fingerprint density at radius 2 is 1.52 bits per heavy atom. The number of rotatable bonds is 6. The minimum atomic E-state index is -0.107. The molecule has 5 heteroatoms. The van der Waals surface area contributed by atoms with Crippen molar-refractivity contribution in [1.29, 1.82) is 0 Å². The molecular weight excluding hydrogens is 314 g/mol. The molecule has 1 fully saturated rings. The number of amides is 1. The smallest absolute Gasteiger partial charge is 0.243 e. The fraction of sp³-hybridized carbons (Fsp3) is 0.300. The molecule has 2 aromatic rings. The number of hydrogen-bond donors (Lipinski definition) is 2. The Hall–Kier alpha value is -2.82. The van der Waals surface area contributed by atoms with E-state index in [-0.39, 0.29) is 18.2 Å². The van der Waals surface area contributed by atoms with Crippen LogP contribution in [0.2, 0.25) is 0 Å². The van der Waals surface area contributed by atoms with Crippen LogP contribution in [0.15, 0.2) is 48.5 Å². The standard InChI is InChI=1S/C20H23N3O2/c1-15(24)16-4-6-17(7-5-16)21-14-20(25)22-18-8-10-19(11-9-18)23-12-2-3-13-23/h4-11,21H,2-3,12-14H2,1H3,(H,22,25). The summed E-state index contributed by atoms with van der Waals surface area (Å²) in [5.74, 6) is -0.0776. The Bertz CT molecular complexity index is 733. The molecule has 0 bridgehead atoms. The van der Waals surface area contributed by atoms with Crippen LogP contribution in [0.4, 0.5) is 17.1 Å². The summed E-state index contributed by atoms with van der Waals surface area (Å²) in [5, 5.41) is 5.94. The van der Waals surface area contributed by atoms with Gasteiger partial charge in [0.25, 0.3) is 0 Å². The quantitative estimate of drug-likeness (QED) is 0.792. The zero-order valence-electron chi connectivity index (χ0n) is 14.4. The van der Waals surface area contributed by atoms with E-state index in [4.69, 9.17) is 0 Å². The van der Waals surface area contributed by atoms with Crippen LogP contribution in [0.25, 0.3) is 0 Å². The monoisotopic (exact) mass is 337 g/mol. The molecule has 1 saturated heterocycles. The second kappa shape index (κ2) is 7.83. The van der Waals surface area contributed by atoms with Crippen molar-refractivity contribution in [3.8, 4) is 0 Å². The van der Waals surface area contributed by atoms with E-state index in [1.54, 1.807) is 24.3 Å². The lowest BCUT2D eigenvalue weighted by molar-refractivity contribution is -0.114. The molecule has 130 valence electrons. The third kappa shape index (κ3) is 4.59. The number of hydrogen-bond acceptors (Lipinski definition) is 4. The number of ketones is 1. The van der Waals surface area contributed by atoms with Crippen molar-refractivity contribution in [1.82, 2.24) is 0 Å². The van der Waals surface area contributed by atoms with Gasteiger partial charge in [-0.15, -0.1) is 0 Å². The van der Waals surface area contributed by atoms with E-state index in [1.165, 1.54) is 25.5 Å². The van der Waals surface area contributed by atoms with Crippen molar-refractivity contribution in [3.05, 3.63) is 54.1 Å². The fourth-order valence-corrected chi connectivity index (χ4v) is 2.94. The van der Waals surface area contributed by atoms with E-state index in [9.17, 15) is 9.59 Å². The van der Waals surface area contributed by atoms with Gasteiger partial charge in [0.1, 0.15) is 0 Å². The van der Waals surface area contributed by atoms with Crippen LogP contribution in [0.1, 0.15) is 30.1 Å². The molecule has 0 saturated carbocycles. The van der Waals surface area contributed by atoms with Gasteiger partial charge in [-0.1, -0.05) is 0 Å². The molecule has 2 N–H and O–H groups in total. The molecule has 5 nitrogen and oxygen atoms in total. The van der Waals surface area contributed by atoms with Crippen LogP contribution in [-0.2, 0) is 4.79 Å². The third-order valence-corrected chi connectivity index (χ3v) is 4.37. The minimum absolute atomic E-state index is 0.0293. The molecule has 0 aliphatic carbocycles. The molecule has 0 unspecified atom stereocenters. The van der Waals surface area contributed by atoms with Crippen LogP contribution in [-0.4, -0.2) is 31.3 Å². The molecule has 25 heavy (non-hydrogen) atoms. The van der Waals surface area contributed by atoms with Crippen LogP contribution in [0.5, 0.6) is 0 Å². The zero-order chi connectivity index (χ0) is 17.6. The second-order valence-corrected chi connectivity index (χ2v) is 6.28. The number of anilines is 3. The van der Waals surface area contributed by atoms with Crippen molar-refractivity contribution < 1.29 is 9.59 Å². The highest BCUT2D eigenvalue weighted by molar-refractivity contribution is 5.95. The predicted octanol–water partition coefficient (Wildman–Crippen LogP) is 3.54. The Morgan fingerprint density at radius 3 is 2.12 bits per heavy atom. The summed E-state index contributed by atoms with van der Waals surface area (Å²) in [6, 6.07) is 15.1. The lowest BCUT2D eigenvalue weighted by Crippen LogP contribution is -2.22. The second-order valence-electron chi connectivity index (χ2n) is 6.28. The van der Waals surface area contributed by atoms with E-state index in [2.05, 4.69) is 27.7 Å². The Labute approximate surface area is 148 Å². The van der Waals surface area contributed by atoms with Crippen molar-refractivity contribution in [2.45, 2.75) is 19.8 Å². The maximum Gasteiger partial charge on any atom is 0.243 e. The highest BCUT2D eigenvalue weighted by Gasteiger charge is 2.12. The normalized spacial score (nSPS) is 13.6. The number of benzene rings is 2. The summed E-state index contributed by atoms with van der Waals surface area (Å²) in [5.41, 5.74) is 3.47. The van der Waals surface area contributed by atoms with Crippen molar-refractivity contribution in [2.75, 3.05) is 35.2 Å². The van der Waals surface area contributed by atoms with Crippen LogP contribution in [0, 0.1) is 0 Å². The number of nitrogens with zero attached hydrogens (tertiary/aromatic N) is 1. The first kappa shape index (κ1) is 17.0. The summed E-state index contributed by atoms with van der Waals surface area (Å²) in [4.78, 5) is 25.7. The average Bonchev–Trinajstić information content (AvgIpc) is 3.15. The summed E-state index contributed by atoms with van der Waals surface area (Å²) in [6.45, 7) is 3.92. The number of carbonyl (C=O) groups is 2. The Balaban J connectivity index is 1.49. The van der Waals surface area contributed by atoms with Crippen molar-refractivity contribution in [2.24, 2.45) is 0 Å². The van der Waals surface area contributed by atoms with E-state index >= 15 is 0 Å². The SMILES string of the molecule is CC(=O)c1ccc(NCC(=O)Nc2ccc(N3CCCC3)cc2)cc1. The first-order valence-electron chi connectivity index (χ1n) is 8.61. The molecule has 0 aromatic heterocycles. The van der Waals surface area contributed by atoms with Crippen LogP contribution >= 0.6 is 0 Å². The number of Topliss-reactive ketones (excluding diaryl/α,β-unsaturated/α-hetero) is 1. The first-order valence-corrected chi connectivity index (χ1v) is 8.61. The zero-order valence-corrected chi connectivity index (χ0v) is 14.4. The molecule has 3 rings (SSSR count). The van der Waals surface area contributed by atoms with Crippen LogP contribution in [0.3, 0.4) is 0 Å². The van der Waals surface area contributed by atoms with Gasteiger partial charge < -0.3 is 15.5 Å². The highest BCUT2D eigenvalue weighted by Crippen LogP contribution is 2.22. The first-order chi connectivity index (χ1) is 12.1. The third-order valence-electron chi connectivity index (χ3n) is 4.37. The van der Waals surface area contributed by atoms with Gasteiger partial charge in [0.2, 0.25) is 5.91 Å². The summed E-state index contributed by atoms with van der Waals surface area (Å²) >= 11 is 0. The largest absolute Gasteiger partial charge is 0.376 e. The lowest BCUT2D eigenvalue weighted by Gasteiger charge is -2.17. The van der Waals surface area contributed by atoms with E-state index < -0.39 is 0 Å². The van der Waals surface area contributed by atoms with Gasteiger partial charge in [-0.2, -0.15) is 0 Å². The van der Waals surface area contributed by atoms with E-state index in [0.717, 1.165) is 24.5 Å². The number of carbonyl (C=O) groups excluding carboxylic acids is 2. The maximum absolute atomic E-state index is 12.1. The molecule has 1 aliphatic rings. The van der Waals surface area contributed by atoms with Crippen LogP contribution < -0.4 is 15.5 Å². The highest BCUT2D eigenvalue weighted by atomic mass is 16.2. The van der Waals surface area contributed by atoms with E-state index in [0.29, 0.717) is 5.56 Å². The number of nitrogens with one attached hydrogen (secondary N) is 2. The molecule has 1 aliphatic heterocycles. The van der Waals surface area contributed by atoms with E-state index in [1.807, 2.05) is 12.1 Å². The fourth-order valence-electron chi connectivity index (χ4n) is 2.94. The van der Waals surface area contributed by atoms with Gasteiger partial charge in [-0.25, -0.2) is 0 Å². The summed E-state index contributed by atoms with van der Waals surface area (Å²) < 4.78 is 0. The molecular formula is C20H23N3O2. The Kier molecular flexibility index (Phi) is 5.33. The molecule has 1 heterocycles. The summed E-state index contributed by atoms with van der Waals surface area (Å²) in [7, 11) is 0. The van der Waals surface area contributed by atoms with Gasteiger partial charge in [-0.3, -0.25) is 9.59 Å². The van der Waals surface area contributed by atoms with Gasteiger partial charge in [0, 0.05) is 35.7 Å². The average molecular weight is 337 g/mol. The minimum Gasteiger partial charge on any atom is -0.376 e. The molecule has 0 radical (unpaired) electrons. The van der Waals surface area contributed by atoms with Gasteiger partial charge in [0.15, 0.2) is 5.78 Å². The summed E-state index contributed by atoms with van der Waals surface area (Å²) in [6.07, 6.45) is 2.50.